The molecule has 2 radical (unpaired) electrons. The first-order valence-corrected chi connectivity index (χ1v) is 1.000. The largest absolute Gasteiger partial charge is 0.412 e. The Bertz CT molecular complexity index is 10.9. The maximum absolute atomic E-state index is 3.38. The van der Waals surface area contributed by atoms with Gasteiger partial charge in [-0.2, -0.15) is 0 Å². The summed E-state index contributed by atoms with van der Waals surface area (Å²) in [5.74, 6) is 0. The average molecular weight is 256 g/mol. The summed E-state index contributed by atoms with van der Waals surface area (Å²) in [5.41, 5.74) is 0. The molecule has 0 aliphatic heterocycles. The van der Waals surface area contributed by atoms with Crippen molar-refractivity contribution < 1.29 is 76.4 Å². The molecule has 0 rings (SSSR count). The Balaban J connectivity index is -0.00000000333. The molecule has 0 aliphatic rings. The third kappa shape index (κ3) is 67.4. The summed E-state index contributed by atoms with van der Waals surface area (Å²) < 4.78 is 0. The van der Waals surface area contributed by atoms with Crippen LogP contribution < -0.4 is 0 Å². The van der Waals surface area contributed by atoms with E-state index >= 15 is 0 Å². The van der Waals surface area contributed by atoms with E-state index in [1.165, 1.54) is 0 Å². The van der Waals surface area contributed by atoms with Crippen molar-refractivity contribution in [1.82, 2.24) is 0 Å². The molecule has 0 aliphatic carbocycles. The molecule has 0 saturated heterocycles. The van der Waals surface area contributed by atoms with Gasteiger partial charge in [0.1, 0.15) is 0 Å². The summed E-state index contributed by atoms with van der Waals surface area (Å²) >= 11 is 0. The van der Waals surface area contributed by atoms with Crippen LogP contribution in [0.1, 0.15) is 6.42 Å². The van der Waals surface area contributed by atoms with Crippen LogP contribution in [0, 0.1) is 13.8 Å². The Morgan fingerprint density at radius 1 is 0.857 bits per heavy atom. The smallest absolute Gasteiger partial charge is 0 e. The van der Waals surface area contributed by atoms with E-state index in [-0.39, 0.29) is 76.4 Å². The molecule has 4 heteroatoms. The molecular formula is C3H10O2Y2-2. The Hall–Kier alpha value is 2.13. The zero-order chi connectivity index (χ0) is 2.71. The molecule has 2 nitrogen and oxygen atoms in total. The van der Waals surface area contributed by atoms with Crippen molar-refractivity contribution >= 4 is 0 Å². The van der Waals surface area contributed by atoms with Crippen molar-refractivity contribution in [2.45, 2.75) is 6.42 Å². The molecule has 0 fully saturated rings. The second-order valence-corrected chi connectivity index (χ2v) is 0.354. The first-order valence-electron chi connectivity index (χ1n) is 1.000. The molecular weight excluding hydrogens is 246 g/mol. The third-order valence-corrected chi connectivity index (χ3v) is 0. The van der Waals surface area contributed by atoms with Gasteiger partial charge in [0.05, 0.1) is 0 Å². The first kappa shape index (κ1) is 35.4. The fraction of sp³-hybridized carbons (Fsp3) is 0.333. The van der Waals surface area contributed by atoms with E-state index < -0.39 is 0 Å². The summed E-state index contributed by atoms with van der Waals surface area (Å²) in [6, 6.07) is 0. The molecule has 0 aromatic heterocycles. The summed E-state index contributed by atoms with van der Waals surface area (Å²) in [6.07, 6.45) is 0.750. The van der Waals surface area contributed by atoms with Crippen LogP contribution in [0.4, 0.5) is 0 Å². The van der Waals surface area contributed by atoms with E-state index in [0.717, 1.165) is 6.42 Å². The minimum atomic E-state index is 0. The Kier molecular flexibility index (Phi) is 213. The fourth-order valence-corrected chi connectivity index (χ4v) is 0. The molecule has 0 unspecified atom stereocenters. The Morgan fingerprint density at radius 3 is 0.857 bits per heavy atom. The van der Waals surface area contributed by atoms with Crippen LogP contribution in [0.3, 0.4) is 0 Å². The monoisotopic (exact) mass is 256 g/mol. The van der Waals surface area contributed by atoms with Gasteiger partial charge in [-0.15, -0.1) is 0 Å². The third-order valence-electron chi connectivity index (χ3n) is 0. The SMILES string of the molecule is O.O.[CH2-]C[CH2-].[Y].[Y]. The van der Waals surface area contributed by atoms with Crippen molar-refractivity contribution in [2.24, 2.45) is 0 Å². The van der Waals surface area contributed by atoms with Crippen molar-refractivity contribution in [3.63, 3.8) is 0 Å². The van der Waals surface area contributed by atoms with Crippen LogP contribution in [0.5, 0.6) is 0 Å². The molecule has 0 aromatic rings. The predicted octanol–water partition coefficient (Wildman–Crippen LogP) is -0.610. The van der Waals surface area contributed by atoms with E-state index in [2.05, 4.69) is 13.8 Å². The van der Waals surface area contributed by atoms with Gasteiger partial charge >= 0.3 is 0 Å². The van der Waals surface area contributed by atoms with Gasteiger partial charge in [0.2, 0.25) is 0 Å². The van der Waals surface area contributed by atoms with Crippen LogP contribution in [0.25, 0.3) is 0 Å². The van der Waals surface area contributed by atoms with Gasteiger partial charge in [-0.25, -0.2) is 0 Å². The van der Waals surface area contributed by atoms with Crippen molar-refractivity contribution in [2.75, 3.05) is 0 Å². The second-order valence-electron chi connectivity index (χ2n) is 0.354. The molecule has 0 heterocycles. The second kappa shape index (κ2) is 42.2. The minimum Gasteiger partial charge on any atom is -0.412 e. The van der Waals surface area contributed by atoms with Crippen LogP contribution in [0.2, 0.25) is 0 Å². The zero-order valence-electron chi connectivity index (χ0n) is 4.28. The van der Waals surface area contributed by atoms with Crippen molar-refractivity contribution in [3.05, 3.63) is 13.8 Å². The van der Waals surface area contributed by atoms with Gasteiger partial charge in [-0.3, -0.25) is 0 Å². The standard InChI is InChI=1S/C3H6.2H2O.2Y/c1-3-2;;;;/h1-3H2;2*1H2;;/q-2;;;;. The predicted molar refractivity (Wildman–Crippen MR) is 22.6 cm³/mol. The zero-order valence-corrected chi connectivity index (χ0v) is 9.95. The van der Waals surface area contributed by atoms with Gasteiger partial charge in [0.15, 0.2) is 0 Å². The van der Waals surface area contributed by atoms with Crippen LogP contribution >= 0.6 is 0 Å². The molecule has 42 valence electrons. The van der Waals surface area contributed by atoms with Gasteiger partial charge in [-0.05, 0) is 0 Å². The molecule has 0 saturated carbocycles. The van der Waals surface area contributed by atoms with E-state index in [1.807, 2.05) is 0 Å². The van der Waals surface area contributed by atoms with Crippen LogP contribution in [-0.2, 0) is 65.4 Å². The average Bonchev–Trinajstić information content (AvgIpc) is 0.918. The molecule has 7 heavy (non-hydrogen) atoms. The Labute approximate surface area is 95.2 Å². The van der Waals surface area contributed by atoms with Crippen LogP contribution in [-0.4, -0.2) is 11.0 Å². The van der Waals surface area contributed by atoms with E-state index in [1.54, 1.807) is 0 Å². The fourth-order valence-electron chi connectivity index (χ4n) is 0. The quantitative estimate of drug-likeness (QED) is 0.519. The summed E-state index contributed by atoms with van der Waals surface area (Å²) in [4.78, 5) is 0. The molecule has 0 bridgehead atoms. The summed E-state index contributed by atoms with van der Waals surface area (Å²) in [5, 5.41) is 0. The number of rotatable bonds is 0. The van der Waals surface area contributed by atoms with E-state index in [0.29, 0.717) is 0 Å². The Morgan fingerprint density at radius 2 is 0.857 bits per heavy atom. The molecule has 0 amide bonds. The van der Waals surface area contributed by atoms with Crippen molar-refractivity contribution in [3.8, 4) is 0 Å². The minimum absolute atomic E-state index is 0. The number of hydrogen-bond donors (Lipinski definition) is 0. The van der Waals surface area contributed by atoms with Gasteiger partial charge in [-0.1, -0.05) is 0 Å². The molecule has 0 aromatic carbocycles. The van der Waals surface area contributed by atoms with E-state index in [4.69, 9.17) is 0 Å². The molecule has 4 N–H and O–H groups in total. The van der Waals surface area contributed by atoms with Gasteiger partial charge in [0, 0.05) is 65.4 Å². The van der Waals surface area contributed by atoms with Gasteiger partial charge in [0.25, 0.3) is 0 Å². The van der Waals surface area contributed by atoms with Crippen LogP contribution in [0.15, 0.2) is 0 Å². The number of hydrogen-bond acceptors (Lipinski definition) is 0. The normalized spacial score (nSPS) is 2.57. The first-order chi connectivity index (χ1) is 1.41. The van der Waals surface area contributed by atoms with Crippen molar-refractivity contribution in [1.29, 1.82) is 0 Å². The van der Waals surface area contributed by atoms with E-state index in [9.17, 15) is 0 Å². The molecule has 0 atom stereocenters. The maximum atomic E-state index is 3.38. The maximum Gasteiger partial charge on any atom is 0 e. The summed E-state index contributed by atoms with van der Waals surface area (Å²) in [7, 11) is 0. The van der Waals surface area contributed by atoms with Gasteiger partial charge < -0.3 is 31.2 Å². The molecule has 0 spiro atoms. The summed E-state index contributed by atoms with van der Waals surface area (Å²) in [6.45, 7) is 6.75. The topological polar surface area (TPSA) is 63.0 Å².